The third-order valence-corrected chi connectivity index (χ3v) is 8.96. The molecule has 41 heavy (non-hydrogen) atoms. The number of esters is 1. The fraction of sp³-hybridized carbons (Fsp3) is 0.265. The monoisotopic (exact) mass is 585 g/mol. The minimum atomic E-state index is -0.777. The maximum Gasteiger partial charge on any atom is 0.338 e. The molecule has 4 aromatic rings. The molecular weight excluding hydrogens is 554 g/mol. The standard InChI is InChI=1S/C34H32ClNO4S/c1-40-33(39)29-10-3-2-7-23(29)8-5-17-34(41,30-19-25(30)20-32(37)38)26-9-4-6-22(18-26)11-15-28-16-13-24-12-14-27(35)21-31(24)36-28/h2-4,6-7,9-16,18,21,25,30,41H,5,8,17,19-20H2,1H3,(H,37,38)/t25?,30?,34-/m0/s1. The van der Waals surface area contributed by atoms with Crippen LogP contribution in [0.1, 0.15) is 58.4 Å². The summed E-state index contributed by atoms with van der Waals surface area (Å²) < 4.78 is 4.46. The third-order valence-electron chi connectivity index (χ3n) is 7.91. The van der Waals surface area contributed by atoms with Crippen LogP contribution in [0.5, 0.6) is 0 Å². The normalized spacial score (nSPS) is 17.8. The Morgan fingerprint density at radius 3 is 2.68 bits per heavy atom. The lowest BCUT2D eigenvalue weighted by Crippen LogP contribution is -2.24. The summed E-state index contributed by atoms with van der Waals surface area (Å²) in [5.41, 5.74) is 5.27. The second-order valence-electron chi connectivity index (χ2n) is 10.7. The van der Waals surface area contributed by atoms with Crippen LogP contribution in [-0.2, 0) is 20.7 Å². The Hall–Kier alpha value is -3.61. The lowest BCUT2D eigenvalue weighted by molar-refractivity contribution is -0.137. The van der Waals surface area contributed by atoms with Crippen LogP contribution in [-0.4, -0.2) is 29.1 Å². The van der Waals surface area contributed by atoms with Gasteiger partial charge in [0, 0.05) is 21.6 Å². The number of carboxylic acids is 1. The van der Waals surface area contributed by atoms with Crippen LogP contribution in [0.15, 0.2) is 78.9 Å². The van der Waals surface area contributed by atoms with Crippen molar-refractivity contribution in [2.45, 2.75) is 36.9 Å². The van der Waals surface area contributed by atoms with Crippen molar-refractivity contribution in [2.24, 2.45) is 11.8 Å². The van der Waals surface area contributed by atoms with Crippen molar-refractivity contribution in [1.29, 1.82) is 0 Å². The molecule has 0 bridgehead atoms. The molecule has 0 saturated heterocycles. The number of aliphatic carboxylic acids is 1. The number of thiol groups is 1. The number of ether oxygens (including phenoxy) is 1. The van der Waals surface area contributed by atoms with Gasteiger partial charge in [-0.15, -0.1) is 0 Å². The molecule has 7 heteroatoms. The van der Waals surface area contributed by atoms with E-state index in [1.165, 1.54) is 7.11 Å². The van der Waals surface area contributed by atoms with Crippen LogP contribution in [0, 0.1) is 11.8 Å². The molecule has 0 spiro atoms. The summed E-state index contributed by atoms with van der Waals surface area (Å²) in [4.78, 5) is 28.4. The van der Waals surface area contributed by atoms with Crippen LogP contribution >= 0.6 is 24.2 Å². The van der Waals surface area contributed by atoms with Gasteiger partial charge in [-0.1, -0.05) is 72.3 Å². The molecule has 3 atom stereocenters. The van der Waals surface area contributed by atoms with E-state index in [0.29, 0.717) is 17.0 Å². The van der Waals surface area contributed by atoms with Gasteiger partial charge >= 0.3 is 11.9 Å². The molecule has 0 radical (unpaired) electrons. The minimum absolute atomic E-state index is 0.0974. The number of nitrogens with zero attached hydrogens (tertiary/aromatic N) is 1. The van der Waals surface area contributed by atoms with Gasteiger partial charge in [-0.2, -0.15) is 12.6 Å². The zero-order chi connectivity index (χ0) is 29.0. The molecule has 1 heterocycles. The number of methoxy groups -OCH3 is 1. The first-order chi connectivity index (χ1) is 19.8. The summed E-state index contributed by atoms with van der Waals surface area (Å²) in [5.74, 6) is -0.866. The number of benzene rings is 3. The first-order valence-electron chi connectivity index (χ1n) is 13.7. The molecule has 210 valence electrons. The number of fused-ring (bicyclic) bond motifs is 1. The second kappa shape index (κ2) is 12.5. The van der Waals surface area contributed by atoms with E-state index in [4.69, 9.17) is 34.0 Å². The van der Waals surface area contributed by atoms with Crippen LogP contribution in [0.4, 0.5) is 0 Å². The first-order valence-corrected chi connectivity index (χ1v) is 14.5. The highest BCUT2D eigenvalue weighted by atomic mass is 35.5. The number of pyridine rings is 1. The molecule has 1 aromatic heterocycles. The number of hydrogen-bond donors (Lipinski definition) is 2. The predicted octanol–water partition coefficient (Wildman–Crippen LogP) is 8.10. The molecule has 5 rings (SSSR count). The highest BCUT2D eigenvalue weighted by molar-refractivity contribution is 7.81. The fourth-order valence-electron chi connectivity index (χ4n) is 5.71. The second-order valence-corrected chi connectivity index (χ2v) is 11.9. The molecular formula is C34H32ClNO4S. The van der Waals surface area contributed by atoms with Crippen LogP contribution in [0.2, 0.25) is 5.02 Å². The summed E-state index contributed by atoms with van der Waals surface area (Å²) in [6, 6.07) is 25.5. The molecule has 1 aliphatic rings. The summed E-state index contributed by atoms with van der Waals surface area (Å²) >= 11 is 11.4. The van der Waals surface area contributed by atoms with Gasteiger partial charge in [-0.3, -0.25) is 4.79 Å². The average Bonchev–Trinajstić information content (AvgIpc) is 3.74. The number of aromatic nitrogens is 1. The highest BCUT2D eigenvalue weighted by Crippen LogP contribution is 2.58. The number of halogens is 1. The van der Waals surface area contributed by atoms with Crippen molar-refractivity contribution >= 4 is 59.2 Å². The third kappa shape index (κ3) is 6.83. The average molecular weight is 586 g/mol. The van der Waals surface area contributed by atoms with Gasteiger partial charge in [0.05, 0.1) is 23.9 Å². The molecule has 1 N–H and O–H groups in total. The topological polar surface area (TPSA) is 76.5 Å². The van der Waals surface area contributed by atoms with Crippen molar-refractivity contribution in [1.82, 2.24) is 4.98 Å². The quantitative estimate of drug-likeness (QED) is 0.137. The smallest absolute Gasteiger partial charge is 0.338 e. The van der Waals surface area contributed by atoms with Gasteiger partial charge < -0.3 is 9.84 Å². The molecule has 3 aromatic carbocycles. The molecule has 1 aliphatic carbocycles. The molecule has 2 unspecified atom stereocenters. The molecule has 5 nitrogen and oxygen atoms in total. The van der Waals surface area contributed by atoms with Crippen LogP contribution in [0.3, 0.4) is 0 Å². The first kappa shape index (κ1) is 28.9. The lowest BCUT2D eigenvalue weighted by atomic mass is 9.85. The number of hydrogen-bond acceptors (Lipinski definition) is 5. The largest absolute Gasteiger partial charge is 0.481 e. The molecule has 0 aliphatic heterocycles. The lowest BCUT2D eigenvalue weighted by Gasteiger charge is -2.31. The van der Waals surface area contributed by atoms with Crippen LogP contribution < -0.4 is 0 Å². The van der Waals surface area contributed by atoms with E-state index < -0.39 is 10.7 Å². The fourth-order valence-corrected chi connectivity index (χ4v) is 6.49. The maximum absolute atomic E-state index is 12.3. The van der Waals surface area contributed by atoms with E-state index >= 15 is 0 Å². The Balaban J connectivity index is 1.38. The van der Waals surface area contributed by atoms with Crippen molar-refractivity contribution in [2.75, 3.05) is 7.11 Å². The number of carboxylic acid groups (broad SMARTS) is 1. The van der Waals surface area contributed by atoms with Crippen LogP contribution in [0.25, 0.3) is 23.1 Å². The van der Waals surface area contributed by atoms with Crippen molar-refractivity contribution in [3.05, 3.63) is 112 Å². The summed E-state index contributed by atoms with van der Waals surface area (Å²) in [6.07, 6.45) is 7.22. The van der Waals surface area contributed by atoms with E-state index in [9.17, 15) is 14.7 Å². The van der Waals surface area contributed by atoms with Gasteiger partial charge in [0.15, 0.2) is 0 Å². The Morgan fingerprint density at radius 2 is 1.88 bits per heavy atom. The summed E-state index contributed by atoms with van der Waals surface area (Å²) in [5, 5.41) is 11.1. The van der Waals surface area contributed by atoms with Gasteiger partial charge in [-0.05, 0) is 84.6 Å². The predicted molar refractivity (Wildman–Crippen MR) is 167 cm³/mol. The highest BCUT2D eigenvalue weighted by Gasteiger charge is 2.51. The Labute approximate surface area is 250 Å². The molecule has 1 fully saturated rings. The van der Waals surface area contributed by atoms with Crippen molar-refractivity contribution < 1.29 is 19.4 Å². The van der Waals surface area contributed by atoms with E-state index in [1.54, 1.807) is 6.07 Å². The zero-order valence-corrected chi connectivity index (χ0v) is 24.4. The van der Waals surface area contributed by atoms with Crippen molar-refractivity contribution in [3.8, 4) is 0 Å². The van der Waals surface area contributed by atoms with E-state index in [-0.39, 0.29) is 24.2 Å². The van der Waals surface area contributed by atoms with Crippen molar-refractivity contribution in [3.63, 3.8) is 0 Å². The Kier molecular flexibility index (Phi) is 8.81. The van der Waals surface area contributed by atoms with E-state index in [0.717, 1.165) is 52.5 Å². The number of rotatable bonds is 11. The maximum atomic E-state index is 12.3. The molecule has 0 amide bonds. The van der Waals surface area contributed by atoms with Gasteiger partial charge in [0.2, 0.25) is 0 Å². The van der Waals surface area contributed by atoms with E-state index in [2.05, 4.69) is 12.1 Å². The zero-order valence-electron chi connectivity index (χ0n) is 22.8. The van der Waals surface area contributed by atoms with Gasteiger partial charge in [0.25, 0.3) is 0 Å². The Bertz CT molecular complexity index is 1620. The van der Waals surface area contributed by atoms with Gasteiger partial charge in [0.1, 0.15) is 0 Å². The molecule has 1 saturated carbocycles. The minimum Gasteiger partial charge on any atom is -0.481 e. The Morgan fingerprint density at radius 1 is 1.07 bits per heavy atom. The summed E-state index contributed by atoms with van der Waals surface area (Å²) in [7, 11) is 1.39. The number of carbonyl (C=O) groups excluding carboxylic acids is 1. The van der Waals surface area contributed by atoms with Gasteiger partial charge in [-0.25, -0.2) is 9.78 Å². The number of aryl methyl sites for hydroxylation is 1. The van der Waals surface area contributed by atoms with E-state index in [1.807, 2.05) is 72.8 Å². The number of carbonyl (C=O) groups is 2. The SMILES string of the molecule is COC(=O)c1ccccc1CCC[C@](S)(c1cccc(C=Cc2ccc3ccc(Cl)cc3n2)c1)C1CC1CC(=O)O. The summed E-state index contributed by atoms with van der Waals surface area (Å²) in [6.45, 7) is 0.